The summed E-state index contributed by atoms with van der Waals surface area (Å²) in [6.45, 7) is 4.53. The van der Waals surface area contributed by atoms with Gasteiger partial charge in [0.2, 0.25) is 0 Å². The molecule has 0 radical (unpaired) electrons. The van der Waals surface area contributed by atoms with Crippen LogP contribution in [-0.2, 0) is 65.4 Å². The van der Waals surface area contributed by atoms with Crippen LogP contribution in [0.2, 0.25) is 0 Å². The molecular weight excluding hydrogens is 1260 g/mol. The largest absolute Gasteiger partial charge is 0.472 e. The maximum absolute atomic E-state index is 13.1. The monoisotopic (exact) mass is 1390 g/mol. The Morgan fingerprint density at radius 3 is 0.906 bits per heavy atom. The fourth-order valence-electron chi connectivity index (χ4n) is 9.52. The van der Waals surface area contributed by atoms with Gasteiger partial charge in [0.15, 0.2) is 12.2 Å². The summed E-state index contributed by atoms with van der Waals surface area (Å²) in [7, 11) is -9.96. The quantitative estimate of drug-likeness (QED) is 0.0169. The molecule has 0 saturated heterocycles. The summed E-state index contributed by atoms with van der Waals surface area (Å²) < 4.78 is 68.3. The molecule has 96 heavy (non-hydrogen) atoms. The van der Waals surface area contributed by atoms with Gasteiger partial charge in [0.1, 0.15) is 19.3 Å². The van der Waals surface area contributed by atoms with Crippen molar-refractivity contribution in [3.63, 3.8) is 0 Å². The molecule has 5 atom stereocenters. The minimum atomic E-state index is -4.98. The maximum Gasteiger partial charge on any atom is 0.472 e. The smallest absolute Gasteiger partial charge is 0.462 e. The van der Waals surface area contributed by atoms with Gasteiger partial charge in [-0.2, -0.15) is 0 Å². The predicted octanol–water partition coefficient (Wildman–Crippen LogP) is 21.0. The highest BCUT2D eigenvalue weighted by atomic mass is 31.2. The molecule has 0 fully saturated rings. The molecule has 0 saturated carbocycles. The minimum Gasteiger partial charge on any atom is -0.462 e. The number of hydrogen-bond acceptors (Lipinski definition) is 15. The van der Waals surface area contributed by atoms with Crippen LogP contribution in [-0.4, -0.2) is 96.7 Å². The van der Waals surface area contributed by atoms with Crippen LogP contribution in [0.25, 0.3) is 0 Å². The zero-order chi connectivity index (χ0) is 70.4. The van der Waals surface area contributed by atoms with Crippen molar-refractivity contribution in [1.82, 2.24) is 0 Å². The van der Waals surface area contributed by atoms with Gasteiger partial charge in [0.25, 0.3) is 0 Å². The van der Waals surface area contributed by atoms with E-state index in [4.69, 9.17) is 37.0 Å². The van der Waals surface area contributed by atoms with E-state index in [2.05, 4.69) is 137 Å². The van der Waals surface area contributed by atoms with E-state index in [1.807, 2.05) is 0 Å². The Hall–Kier alpha value is -4.28. The van der Waals surface area contributed by atoms with Gasteiger partial charge in [-0.3, -0.25) is 37.3 Å². The van der Waals surface area contributed by atoms with Crippen LogP contribution in [0.15, 0.2) is 109 Å². The average Bonchev–Trinajstić information content (AvgIpc) is 1.36. The Balaban J connectivity index is 5.40. The first-order chi connectivity index (χ1) is 46.7. The summed E-state index contributed by atoms with van der Waals surface area (Å²) in [6, 6.07) is 0. The third-order valence-electron chi connectivity index (χ3n) is 15.2. The Morgan fingerprint density at radius 2 is 0.562 bits per heavy atom. The molecule has 0 bridgehead atoms. The normalized spacial score (nSPS) is 14.6. The summed E-state index contributed by atoms with van der Waals surface area (Å²) >= 11 is 0. The van der Waals surface area contributed by atoms with Crippen molar-refractivity contribution >= 4 is 39.5 Å². The number of allylic oxidation sites excluding steroid dienone is 18. The van der Waals surface area contributed by atoms with Gasteiger partial charge in [0.05, 0.1) is 26.4 Å². The molecule has 0 aromatic carbocycles. The molecule has 0 heterocycles. The second kappa shape index (κ2) is 69.2. The lowest BCUT2D eigenvalue weighted by Gasteiger charge is -2.21. The van der Waals surface area contributed by atoms with Crippen molar-refractivity contribution < 1.29 is 80.2 Å². The van der Waals surface area contributed by atoms with Gasteiger partial charge in [-0.25, -0.2) is 9.13 Å². The van der Waals surface area contributed by atoms with E-state index in [-0.39, 0.29) is 25.7 Å². The van der Waals surface area contributed by atoms with Crippen molar-refractivity contribution in [2.75, 3.05) is 39.6 Å². The first-order valence-electron chi connectivity index (χ1n) is 37.1. The molecule has 552 valence electrons. The molecule has 0 spiro atoms. The second-order valence-electron chi connectivity index (χ2n) is 24.5. The summed E-state index contributed by atoms with van der Waals surface area (Å²) in [4.78, 5) is 72.7. The number of aliphatic hydroxyl groups excluding tert-OH is 1. The number of aliphatic hydroxyl groups is 1. The third-order valence-corrected chi connectivity index (χ3v) is 17.1. The SMILES string of the molecule is CC/C=C\C/C=C\C/C=C\C/C=C\CCCCC(=O)OCC(COP(=O)(O)OCC(O)COP(=O)(O)OCC(COC(=O)CCCCCCC/C=C\C/C=C\CCC)OC(=O)CCCCCCC/C=C\C/C=C\CCC)OC(=O)CCCCCCC/C=C\CCCCCCCC. The number of ether oxygens (including phenoxy) is 4. The molecule has 17 nitrogen and oxygen atoms in total. The van der Waals surface area contributed by atoms with E-state index in [1.54, 1.807) is 0 Å². The Labute approximate surface area is 581 Å². The zero-order valence-corrected chi connectivity index (χ0v) is 61.8. The second-order valence-corrected chi connectivity index (χ2v) is 27.4. The molecule has 5 unspecified atom stereocenters. The molecule has 0 aromatic heterocycles. The van der Waals surface area contributed by atoms with Gasteiger partial charge < -0.3 is 33.8 Å². The van der Waals surface area contributed by atoms with E-state index >= 15 is 0 Å². The fourth-order valence-corrected chi connectivity index (χ4v) is 11.1. The number of rotatable bonds is 69. The van der Waals surface area contributed by atoms with Gasteiger partial charge >= 0.3 is 39.5 Å². The molecule has 0 aliphatic carbocycles. The molecule has 19 heteroatoms. The summed E-state index contributed by atoms with van der Waals surface area (Å²) in [5.74, 6) is -2.26. The molecule has 0 aliphatic rings. The molecule has 0 aromatic rings. The highest BCUT2D eigenvalue weighted by Crippen LogP contribution is 2.45. The van der Waals surface area contributed by atoms with Crippen molar-refractivity contribution in [1.29, 1.82) is 0 Å². The van der Waals surface area contributed by atoms with E-state index in [9.17, 15) is 43.2 Å². The molecule has 0 amide bonds. The Bertz CT molecular complexity index is 2250. The number of phosphoric ester groups is 2. The van der Waals surface area contributed by atoms with E-state index in [0.717, 1.165) is 180 Å². The van der Waals surface area contributed by atoms with E-state index < -0.39 is 97.5 Å². The van der Waals surface area contributed by atoms with Crippen LogP contribution in [0.1, 0.15) is 297 Å². The number of hydrogen-bond donors (Lipinski definition) is 3. The lowest BCUT2D eigenvalue weighted by molar-refractivity contribution is -0.161. The van der Waals surface area contributed by atoms with Crippen LogP contribution in [0.3, 0.4) is 0 Å². The summed E-state index contributed by atoms with van der Waals surface area (Å²) in [6.07, 6.45) is 72.3. The number of esters is 4. The summed E-state index contributed by atoms with van der Waals surface area (Å²) in [5, 5.41) is 10.6. The zero-order valence-electron chi connectivity index (χ0n) is 60.0. The highest BCUT2D eigenvalue weighted by Gasteiger charge is 2.30. The lowest BCUT2D eigenvalue weighted by atomic mass is 10.1. The van der Waals surface area contributed by atoms with E-state index in [0.29, 0.717) is 25.7 Å². The highest BCUT2D eigenvalue weighted by molar-refractivity contribution is 7.47. The Morgan fingerprint density at radius 1 is 0.302 bits per heavy atom. The van der Waals surface area contributed by atoms with Crippen molar-refractivity contribution in [2.45, 2.75) is 316 Å². The first-order valence-corrected chi connectivity index (χ1v) is 40.1. The van der Waals surface area contributed by atoms with Gasteiger partial charge in [0, 0.05) is 25.7 Å². The van der Waals surface area contributed by atoms with Gasteiger partial charge in [-0.15, -0.1) is 0 Å². The number of carbonyl (C=O) groups excluding carboxylic acids is 4. The fraction of sp³-hybridized carbons (Fsp3) is 0.714. The van der Waals surface area contributed by atoms with Crippen molar-refractivity contribution in [3.8, 4) is 0 Å². The molecule has 0 aliphatic heterocycles. The molecule has 0 rings (SSSR count). The summed E-state index contributed by atoms with van der Waals surface area (Å²) in [5.41, 5.74) is 0. The van der Waals surface area contributed by atoms with Gasteiger partial charge in [-0.05, 0) is 141 Å². The van der Waals surface area contributed by atoms with Crippen LogP contribution in [0.5, 0.6) is 0 Å². The van der Waals surface area contributed by atoms with Crippen LogP contribution < -0.4 is 0 Å². The van der Waals surface area contributed by atoms with Crippen molar-refractivity contribution in [3.05, 3.63) is 109 Å². The van der Waals surface area contributed by atoms with Crippen molar-refractivity contribution in [2.24, 2.45) is 0 Å². The number of unbranched alkanes of at least 4 members (excludes halogenated alkanes) is 25. The predicted molar refractivity (Wildman–Crippen MR) is 390 cm³/mol. The average molecular weight is 1390 g/mol. The molecule has 3 N–H and O–H groups in total. The van der Waals surface area contributed by atoms with Gasteiger partial charge in [-0.1, -0.05) is 240 Å². The standard InChI is InChI=1S/C77H132O17P2/c1-5-9-13-17-21-25-29-33-35-39-42-46-50-54-58-62-75(80)88-68-73(94-77(82)64-60-56-52-48-44-40-36-34-30-26-22-18-14-10-6-2)70-92-96(85,86)90-66-71(78)65-89-95(83,84)91-69-72(93-76(81)63-59-55-51-47-43-38-32-28-24-20-16-12-8-4)67-87-74(79)61-57-53-49-45-41-37-31-27-23-19-15-11-7-3/h9,13,15-16,19-21,25,27-28,31-36,42,46,71-73,78H,5-8,10-12,14,17-18,22-24,26,29-30,37-41,43-45,47-70H2,1-4H3,(H,83,84)(H,85,86)/b13-9-,19-15-,20-16-,25-21-,31-27-,32-28-,35-33-,36-34-,46-42-. The first kappa shape index (κ1) is 91.7. The van der Waals surface area contributed by atoms with E-state index in [1.165, 1.54) is 38.5 Å². The van der Waals surface area contributed by atoms with Crippen LogP contribution in [0.4, 0.5) is 0 Å². The van der Waals surface area contributed by atoms with Crippen LogP contribution >= 0.6 is 15.6 Å². The minimum absolute atomic E-state index is 0.0736. The number of carbonyl (C=O) groups is 4. The maximum atomic E-state index is 13.1. The third kappa shape index (κ3) is 68.3. The number of phosphoric acid groups is 2. The molecular formula is C77H132O17P2. The lowest BCUT2D eigenvalue weighted by Crippen LogP contribution is -2.30. The Kier molecular flexibility index (Phi) is 66.1. The van der Waals surface area contributed by atoms with Crippen LogP contribution in [0, 0.1) is 0 Å². The topological polar surface area (TPSA) is 237 Å².